The molecule has 0 aliphatic rings. The molecule has 0 spiro atoms. The number of anilines is 2. The Hall–Kier alpha value is -3.64. The zero-order valence-electron chi connectivity index (χ0n) is 21.1. The molecule has 184 valence electrons. The predicted molar refractivity (Wildman–Crippen MR) is 144 cm³/mol. The minimum Gasteiger partial charge on any atom is -0.377 e. The molecule has 0 aliphatic heterocycles. The Bertz CT molecular complexity index is 1060. The van der Waals surface area contributed by atoms with Gasteiger partial charge in [0.1, 0.15) is 0 Å². The summed E-state index contributed by atoms with van der Waals surface area (Å²) >= 11 is 0. The van der Waals surface area contributed by atoms with E-state index in [1.165, 1.54) is 0 Å². The fourth-order valence-electron chi connectivity index (χ4n) is 4.15. The van der Waals surface area contributed by atoms with E-state index in [-0.39, 0.29) is 11.8 Å². The van der Waals surface area contributed by atoms with Crippen LogP contribution in [-0.4, -0.2) is 57.0 Å². The molecule has 2 N–H and O–H groups in total. The molecule has 3 rings (SSSR count). The highest BCUT2D eigenvalue weighted by Crippen LogP contribution is 2.28. The summed E-state index contributed by atoms with van der Waals surface area (Å²) < 4.78 is 0. The zero-order chi connectivity index (χ0) is 25.2. The van der Waals surface area contributed by atoms with Crippen LogP contribution >= 0.6 is 0 Å². The lowest BCUT2D eigenvalue weighted by Gasteiger charge is -2.21. The summed E-state index contributed by atoms with van der Waals surface area (Å²) in [5, 5.41) is 6.08. The van der Waals surface area contributed by atoms with Crippen LogP contribution in [0.4, 0.5) is 11.4 Å². The maximum Gasteiger partial charge on any atom is 0.253 e. The Morgan fingerprint density at radius 3 is 1.91 bits per heavy atom. The molecule has 0 heterocycles. The van der Waals surface area contributed by atoms with Crippen molar-refractivity contribution in [2.75, 3.05) is 50.5 Å². The van der Waals surface area contributed by atoms with Crippen LogP contribution in [0.15, 0.2) is 78.9 Å². The minimum atomic E-state index is -0.461. The third kappa shape index (κ3) is 6.93. The molecule has 0 unspecified atom stereocenters. The number of rotatable bonds is 11. The molecule has 0 atom stereocenters. The molecule has 0 fully saturated rings. The van der Waals surface area contributed by atoms with Crippen LogP contribution < -0.4 is 15.5 Å². The molecule has 3 aromatic carbocycles. The summed E-state index contributed by atoms with van der Waals surface area (Å²) in [5.74, 6) is -0.759. The highest BCUT2D eigenvalue weighted by Gasteiger charge is 2.23. The number of carbonyl (C=O) groups excluding carboxylic acids is 2. The van der Waals surface area contributed by atoms with E-state index in [4.69, 9.17) is 0 Å². The second-order valence-corrected chi connectivity index (χ2v) is 8.65. The highest BCUT2D eigenvalue weighted by atomic mass is 16.2. The molecule has 2 amide bonds. The lowest BCUT2D eigenvalue weighted by atomic mass is 9.90. The molecule has 35 heavy (non-hydrogen) atoms. The van der Waals surface area contributed by atoms with Crippen molar-refractivity contribution < 1.29 is 9.59 Å². The fraction of sp³-hybridized carbons (Fsp3) is 0.310. The van der Waals surface area contributed by atoms with Gasteiger partial charge in [0.25, 0.3) is 5.91 Å². The molecule has 3 aromatic rings. The molecule has 0 bridgehead atoms. The predicted octanol–water partition coefficient (Wildman–Crippen LogP) is 4.59. The highest BCUT2D eigenvalue weighted by molar-refractivity contribution is 6.03. The van der Waals surface area contributed by atoms with Crippen molar-refractivity contribution in [2.45, 2.75) is 19.8 Å². The summed E-state index contributed by atoms with van der Waals surface area (Å²) in [6, 6.07) is 24.9. The van der Waals surface area contributed by atoms with Crippen LogP contribution in [0.2, 0.25) is 0 Å². The van der Waals surface area contributed by atoms with Gasteiger partial charge in [-0.3, -0.25) is 9.59 Å². The van der Waals surface area contributed by atoms with Crippen LogP contribution in [0.3, 0.4) is 0 Å². The molecule has 6 nitrogen and oxygen atoms in total. The second-order valence-electron chi connectivity index (χ2n) is 8.65. The molecular weight excluding hydrogens is 436 g/mol. The standard InChI is InChI=1S/C29H36N4O2/c1-5-33(6-2)20-19-30-28(34)25-21-24(17-18-26(25)32(3)4)31-29(35)27(22-13-9-7-10-14-22)23-15-11-8-12-16-23/h7-18,21,27H,5-6,19-20H2,1-4H3,(H,30,34)(H,31,35). The van der Waals surface area contributed by atoms with Gasteiger partial charge < -0.3 is 20.4 Å². The van der Waals surface area contributed by atoms with E-state index < -0.39 is 5.92 Å². The van der Waals surface area contributed by atoms with Gasteiger partial charge in [0.05, 0.1) is 11.5 Å². The first-order valence-electron chi connectivity index (χ1n) is 12.2. The van der Waals surface area contributed by atoms with E-state index in [1.54, 1.807) is 6.07 Å². The topological polar surface area (TPSA) is 64.7 Å². The molecule has 0 saturated carbocycles. The van der Waals surface area contributed by atoms with Gasteiger partial charge >= 0.3 is 0 Å². The van der Waals surface area contributed by atoms with Crippen molar-refractivity contribution in [2.24, 2.45) is 0 Å². The number of likely N-dealkylation sites (N-methyl/N-ethyl adjacent to an activating group) is 1. The smallest absolute Gasteiger partial charge is 0.253 e. The average molecular weight is 473 g/mol. The first-order chi connectivity index (χ1) is 16.9. The van der Waals surface area contributed by atoms with Crippen LogP contribution in [0.5, 0.6) is 0 Å². The number of benzene rings is 3. The summed E-state index contributed by atoms with van der Waals surface area (Å²) in [5.41, 5.74) is 3.74. The third-order valence-corrected chi connectivity index (χ3v) is 6.13. The Kier molecular flexibility index (Phi) is 9.44. The number of amides is 2. The Morgan fingerprint density at radius 1 is 0.829 bits per heavy atom. The van der Waals surface area contributed by atoms with Gasteiger partial charge in [0.15, 0.2) is 0 Å². The van der Waals surface area contributed by atoms with Crippen molar-refractivity contribution >= 4 is 23.2 Å². The van der Waals surface area contributed by atoms with E-state index in [2.05, 4.69) is 29.4 Å². The van der Waals surface area contributed by atoms with E-state index in [0.29, 0.717) is 17.8 Å². The van der Waals surface area contributed by atoms with Gasteiger partial charge in [-0.15, -0.1) is 0 Å². The summed E-state index contributed by atoms with van der Waals surface area (Å²) in [6.07, 6.45) is 0. The lowest BCUT2D eigenvalue weighted by Crippen LogP contribution is -2.35. The van der Waals surface area contributed by atoms with E-state index in [0.717, 1.165) is 36.4 Å². The van der Waals surface area contributed by atoms with Gasteiger partial charge in [-0.25, -0.2) is 0 Å². The number of carbonyl (C=O) groups is 2. The maximum atomic E-state index is 13.5. The van der Waals surface area contributed by atoms with Crippen molar-refractivity contribution in [1.82, 2.24) is 10.2 Å². The quantitative estimate of drug-likeness (QED) is 0.428. The van der Waals surface area contributed by atoms with Gasteiger partial charge in [-0.1, -0.05) is 74.5 Å². The lowest BCUT2D eigenvalue weighted by molar-refractivity contribution is -0.116. The van der Waals surface area contributed by atoms with Crippen LogP contribution in [0, 0.1) is 0 Å². The first kappa shape index (κ1) is 26.0. The Balaban J connectivity index is 1.83. The normalized spacial score (nSPS) is 10.9. The maximum absolute atomic E-state index is 13.5. The van der Waals surface area contributed by atoms with Gasteiger partial charge in [0.2, 0.25) is 5.91 Å². The van der Waals surface area contributed by atoms with Crippen molar-refractivity contribution in [3.05, 3.63) is 95.6 Å². The van der Waals surface area contributed by atoms with Crippen molar-refractivity contribution in [1.29, 1.82) is 0 Å². The molecule has 0 aliphatic carbocycles. The number of hydrogen-bond acceptors (Lipinski definition) is 4. The second kappa shape index (κ2) is 12.7. The SMILES string of the molecule is CCN(CC)CCNC(=O)c1cc(NC(=O)C(c2ccccc2)c2ccccc2)ccc1N(C)C. The van der Waals surface area contributed by atoms with E-state index in [9.17, 15) is 9.59 Å². The largest absolute Gasteiger partial charge is 0.377 e. The zero-order valence-corrected chi connectivity index (χ0v) is 21.1. The number of nitrogens with one attached hydrogen (secondary N) is 2. The molecule has 6 heteroatoms. The van der Waals surface area contributed by atoms with Gasteiger partial charge in [-0.2, -0.15) is 0 Å². The van der Waals surface area contributed by atoms with Crippen molar-refractivity contribution in [3.8, 4) is 0 Å². The van der Waals surface area contributed by atoms with Crippen LogP contribution in [-0.2, 0) is 4.79 Å². The first-order valence-corrected chi connectivity index (χ1v) is 12.2. The average Bonchev–Trinajstić information content (AvgIpc) is 2.87. The Labute approximate surface area is 209 Å². The van der Waals surface area contributed by atoms with Crippen LogP contribution in [0.1, 0.15) is 41.3 Å². The monoisotopic (exact) mass is 472 g/mol. The van der Waals surface area contributed by atoms with E-state index >= 15 is 0 Å². The third-order valence-electron chi connectivity index (χ3n) is 6.13. The molecule has 0 aromatic heterocycles. The van der Waals surface area contributed by atoms with E-state index in [1.807, 2.05) is 91.8 Å². The fourth-order valence-corrected chi connectivity index (χ4v) is 4.15. The van der Waals surface area contributed by atoms with Crippen LogP contribution in [0.25, 0.3) is 0 Å². The Morgan fingerprint density at radius 2 is 1.40 bits per heavy atom. The summed E-state index contributed by atoms with van der Waals surface area (Å²) in [4.78, 5) is 30.7. The molecule has 0 radical (unpaired) electrons. The van der Waals surface area contributed by atoms with Crippen molar-refractivity contribution in [3.63, 3.8) is 0 Å². The van der Waals surface area contributed by atoms with Gasteiger partial charge in [0, 0.05) is 38.6 Å². The number of hydrogen-bond donors (Lipinski definition) is 2. The van der Waals surface area contributed by atoms with Gasteiger partial charge in [-0.05, 0) is 42.4 Å². The summed E-state index contributed by atoms with van der Waals surface area (Å²) in [6.45, 7) is 7.47. The molecular formula is C29H36N4O2. The molecule has 0 saturated heterocycles. The number of nitrogens with zero attached hydrogens (tertiary/aromatic N) is 2. The minimum absolute atomic E-state index is 0.145. The summed E-state index contributed by atoms with van der Waals surface area (Å²) in [7, 11) is 3.81.